The van der Waals surface area contributed by atoms with Gasteiger partial charge in [-0.15, -0.1) is 10.2 Å². The van der Waals surface area contributed by atoms with Crippen LogP contribution in [0.15, 0.2) is 58.9 Å². The smallest absolute Gasteiger partial charge is 0.311 e. The second-order valence-corrected chi connectivity index (χ2v) is 5.10. The van der Waals surface area contributed by atoms with E-state index in [1.165, 1.54) is 7.11 Å². The molecule has 1 aromatic carbocycles. The van der Waals surface area contributed by atoms with Gasteiger partial charge >= 0.3 is 5.97 Å². The summed E-state index contributed by atoms with van der Waals surface area (Å²) in [6.07, 6.45) is 1.90. The predicted octanol–water partition coefficient (Wildman–Crippen LogP) is 3.77. The molecule has 23 heavy (non-hydrogen) atoms. The van der Waals surface area contributed by atoms with Crippen molar-refractivity contribution in [1.82, 2.24) is 9.38 Å². The molecule has 0 aliphatic heterocycles. The Balaban J connectivity index is 2.01. The first-order valence-electron chi connectivity index (χ1n) is 7.18. The van der Waals surface area contributed by atoms with E-state index in [2.05, 4.69) is 15.2 Å². The first kappa shape index (κ1) is 14.9. The molecule has 0 N–H and O–H groups in total. The van der Waals surface area contributed by atoms with Crippen LogP contribution < -0.4 is 0 Å². The van der Waals surface area contributed by atoms with Crippen molar-refractivity contribution in [3.8, 4) is 0 Å². The summed E-state index contributed by atoms with van der Waals surface area (Å²) in [6, 6.07) is 13.3. The van der Waals surface area contributed by atoms with Crippen molar-refractivity contribution in [2.24, 2.45) is 10.2 Å². The molecule has 6 nitrogen and oxygen atoms in total. The first-order valence-corrected chi connectivity index (χ1v) is 7.18. The fourth-order valence-corrected chi connectivity index (χ4v) is 2.18. The van der Waals surface area contributed by atoms with Gasteiger partial charge in [0.2, 0.25) is 0 Å². The maximum atomic E-state index is 11.6. The monoisotopic (exact) mass is 308 g/mol. The van der Waals surface area contributed by atoms with E-state index < -0.39 is 0 Å². The lowest BCUT2D eigenvalue weighted by molar-refractivity contribution is -0.139. The number of aromatic nitrogens is 2. The Morgan fingerprint density at radius 3 is 2.70 bits per heavy atom. The highest BCUT2D eigenvalue weighted by Gasteiger charge is 2.15. The van der Waals surface area contributed by atoms with E-state index in [0.29, 0.717) is 17.2 Å². The Morgan fingerprint density at radius 2 is 1.96 bits per heavy atom. The quantitative estimate of drug-likeness (QED) is 0.544. The number of esters is 1. The topological polar surface area (TPSA) is 68.3 Å². The standard InChI is InChI=1S/C17H16N4O2/c1-12-6-8-13(9-7-12)19-20-17-14(11-16(22)23-2)18-15-5-3-4-10-21(15)17/h3-10H,11H2,1-2H3. The Labute approximate surface area is 133 Å². The molecule has 0 radical (unpaired) electrons. The van der Waals surface area contributed by atoms with Gasteiger partial charge in [-0.3, -0.25) is 9.20 Å². The van der Waals surface area contributed by atoms with E-state index in [9.17, 15) is 4.79 Å². The van der Waals surface area contributed by atoms with Crippen LogP contribution in [0.4, 0.5) is 11.5 Å². The van der Waals surface area contributed by atoms with Gasteiger partial charge in [0.1, 0.15) is 5.65 Å². The van der Waals surface area contributed by atoms with Crippen molar-refractivity contribution < 1.29 is 9.53 Å². The second-order valence-electron chi connectivity index (χ2n) is 5.10. The van der Waals surface area contributed by atoms with Crippen molar-refractivity contribution in [2.75, 3.05) is 7.11 Å². The zero-order valence-corrected chi connectivity index (χ0v) is 12.9. The Hall–Kier alpha value is -3.02. The maximum Gasteiger partial charge on any atom is 0.311 e. The second kappa shape index (κ2) is 6.39. The molecule has 0 fully saturated rings. The summed E-state index contributed by atoms with van der Waals surface area (Å²) in [4.78, 5) is 16.0. The first-order chi connectivity index (χ1) is 11.2. The van der Waals surface area contributed by atoms with Crippen LogP contribution >= 0.6 is 0 Å². The van der Waals surface area contributed by atoms with Crippen LogP contribution in [0.2, 0.25) is 0 Å². The molecule has 3 aromatic rings. The van der Waals surface area contributed by atoms with E-state index in [0.717, 1.165) is 11.3 Å². The molecule has 3 rings (SSSR count). The van der Waals surface area contributed by atoms with Gasteiger partial charge in [0, 0.05) is 6.20 Å². The van der Waals surface area contributed by atoms with Crippen molar-refractivity contribution in [3.05, 3.63) is 59.9 Å². The van der Waals surface area contributed by atoms with Crippen LogP contribution in [0.3, 0.4) is 0 Å². The van der Waals surface area contributed by atoms with Gasteiger partial charge < -0.3 is 4.74 Å². The van der Waals surface area contributed by atoms with Gasteiger partial charge in [-0.2, -0.15) is 0 Å². The van der Waals surface area contributed by atoms with Gasteiger partial charge in [-0.25, -0.2) is 4.98 Å². The van der Waals surface area contributed by atoms with Gasteiger partial charge in [0.25, 0.3) is 0 Å². The minimum absolute atomic E-state index is 0.0560. The molecule has 0 aliphatic carbocycles. The van der Waals surface area contributed by atoms with Gasteiger partial charge in [0.15, 0.2) is 5.82 Å². The van der Waals surface area contributed by atoms with E-state index in [-0.39, 0.29) is 12.4 Å². The summed E-state index contributed by atoms with van der Waals surface area (Å²) in [5, 5.41) is 8.55. The zero-order chi connectivity index (χ0) is 16.2. The van der Waals surface area contributed by atoms with E-state index in [1.807, 2.05) is 55.6 Å². The number of nitrogens with zero attached hydrogens (tertiary/aromatic N) is 4. The summed E-state index contributed by atoms with van der Waals surface area (Å²) in [6.45, 7) is 2.01. The largest absolute Gasteiger partial charge is 0.469 e. The highest BCUT2D eigenvalue weighted by molar-refractivity contribution is 5.74. The molecule has 0 aliphatic rings. The number of methoxy groups -OCH3 is 1. The molecule has 0 saturated carbocycles. The van der Waals surface area contributed by atoms with Crippen molar-refractivity contribution in [3.63, 3.8) is 0 Å². The third-order valence-electron chi connectivity index (χ3n) is 3.41. The summed E-state index contributed by atoms with van der Waals surface area (Å²) in [7, 11) is 1.35. The number of ether oxygens (including phenoxy) is 1. The normalized spacial score (nSPS) is 11.2. The third-order valence-corrected chi connectivity index (χ3v) is 3.41. The number of carbonyl (C=O) groups is 1. The lowest BCUT2D eigenvalue weighted by atomic mass is 10.2. The van der Waals surface area contributed by atoms with Crippen molar-refractivity contribution in [1.29, 1.82) is 0 Å². The molecule has 0 saturated heterocycles. The van der Waals surface area contributed by atoms with Crippen LogP contribution in [0.5, 0.6) is 0 Å². The minimum atomic E-state index is -0.361. The summed E-state index contributed by atoms with van der Waals surface area (Å²) >= 11 is 0. The number of benzene rings is 1. The zero-order valence-electron chi connectivity index (χ0n) is 12.9. The Kier molecular flexibility index (Phi) is 4.14. The van der Waals surface area contributed by atoms with Crippen LogP contribution in [-0.4, -0.2) is 22.5 Å². The number of hydrogen-bond acceptors (Lipinski definition) is 5. The molecule has 0 bridgehead atoms. The Morgan fingerprint density at radius 1 is 1.17 bits per heavy atom. The maximum absolute atomic E-state index is 11.6. The molecule has 0 spiro atoms. The number of carbonyl (C=O) groups excluding carboxylic acids is 1. The highest BCUT2D eigenvalue weighted by atomic mass is 16.5. The minimum Gasteiger partial charge on any atom is -0.469 e. The fourth-order valence-electron chi connectivity index (χ4n) is 2.18. The molecular weight excluding hydrogens is 292 g/mol. The van der Waals surface area contributed by atoms with E-state index >= 15 is 0 Å². The number of pyridine rings is 1. The van der Waals surface area contributed by atoms with Crippen molar-refractivity contribution >= 4 is 23.1 Å². The molecule has 2 heterocycles. The van der Waals surface area contributed by atoms with Crippen LogP contribution in [0, 0.1) is 6.92 Å². The number of fused-ring (bicyclic) bond motifs is 1. The number of rotatable bonds is 4. The molecule has 0 atom stereocenters. The van der Waals surface area contributed by atoms with E-state index in [4.69, 9.17) is 4.74 Å². The SMILES string of the molecule is COC(=O)Cc1nc2ccccn2c1N=Nc1ccc(C)cc1. The predicted molar refractivity (Wildman–Crippen MR) is 86.3 cm³/mol. The molecule has 0 amide bonds. The van der Waals surface area contributed by atoms with Crippen LogP contribution in [0.1, 0.15) is 11.3 Å². The average molecular weight is 308 g/mol. The van der Waals surface area contributed by atoms with E-state index in [1.54, 1.807) is 4.40 Å². The number of imidazole rings is 1. The molecule has 2 aromatic heterocycles. The summed E-state index contributed by atoms with van der Waals surface area (Å²) < 4.78 is 6.52. The van der Waals surface area contributed by atoms with Crippen LogP contribution in [0.25, 0.3) is 5.65 Å². The molecule has 6 heteroatoms. The van der Waals surface area contributed by atoms with Gasteiger partial charge in [-0.1, -0.05) is 23.8 Å². The molecule has 0 unspecified atom stereocenters. The number of aryl methyl sites for hydroxylation is 1. The highest BCUT2D eigenvalue weighted by Crippen LogP contribution is 2.25. The number of azo groups is 1. The van der Waals surface area contributed by atoms with Gasteiger partial charge in [0.05, 0.1) is 24.9 Å². The van der Waals surface area contributed by atoms with Gasteiger partial charge in [-0.05, 0) is 31.2 Å². The molecule has 116 valence electrons. The van der Waals surface area contributed by atoms with Crippen molar-refractivity contribution in [2.45, 2.75) is 13.3 Å². The lowest BCUT2D eigenvalue weighted by Crippen LogP contribution is -2.04. The molecular formula is C17H16N4O2. The number of hydrogen-bond donors (Lipinski definition) is 0. The summed E-state index contributed by atoms with van der Waals surface area (Å²) in [5.41, 5.74) is 3.15. The summed E-state index contributed by atoms with van der Waals surface area (Å²) in [5.74, 6) is 0.173. The average Bonchev–Trinajstić information content (AvgIpc) is 2.91. The van der Waals surface area contributed by atoms with Crippen LogP contribution in [-0.2, 0) is 16.0 Å². The lowest BCUT2D eigenvalue weighted by Gasteiger charge is -1.99. The third kappa shape index (κ3) is 3.26. The Bertz CT molecular complexity index is 866. The fraction of sp³-hybridized carbons (Fsp3) is 0.176.